The first-order valence-corrected chi connectivity index (χ1v) is 10.2. The largest absolute Gasteiger partial charge is 0.361 e. The number of aromatic amines is 1. The number of hydrogen-bond donors (Lipinski definition) is 4. The van der Waals surface area contributed by atoms with Crippen molar-refractivity contribution in [2.45, 2.75) is 19.8 Å². The van der Waals surface area contributed by atoms with E-state index in [9.17, 15) is 8.42 Å². The molecule has 0 bridgehead atoms. The van der Waals surface area contributed by atoms with Crippen LogP contribution in [0, 0.1) is 0 Å². The topological polar surface area (TPSA) is 98.4 Å². The van der Waals surface area contributed by atoms with Crippen LogP contribution in [0.4, 0.5) is 0 Å². The predicted molar refractivity (Wildman–Crippen MR) is 119 cm³/mol. The Morgan fingerprint density at radius 3 is 2.62 bits per heavy atom. The molecule has 0 radical (unpaired) electrons. The molecule has 26 heavy (non-hydrogen) atoms. The molecule has 0 aliphatic heterocycles. The fourth-order valence-electron chi connectivity index (χ4n) is 2.50. The van der Waals surface area contributed by atoms with Gasteiger partial charge in [-0.2, -0.15) is 0 Å². The smallest absolute Gasteiger partial charge is 0.211 e. The minimum absolute atomic E-state index is 0. The first-order chi connectivity index (χ1) is 12.1. The lowest BCUT2D eigenvalue weighted by Gasteiger charge is -2.12. The second-order valence-corrected chi connectivity index (χ2v) is 7.78. The van der Waals surface area contributed by atoms with Gasteiger partial charge in [0.15, 0.2) is 5.96 Å². The molecule has 1 heterocycles. The van der Waals surface area contributed by atoms with E-state index >= 15 is 0 Å². The Balaban J connectivity index is 0.00000338. The van der Waals surface area contributed by atoms with E-state index < -0.39 is 10.0 Å². The third-order valence-electron chi connectivity index (χ3n) is 3.93. The van der Waals surface area contributed by atoms with Gasteiger partial charge in [0.1, 0.15) is 0 Å². The predicted octanol–water partition coefficient (Wildman–Crippen LogP) is 1.82. The molecule has 0 fully saturated rings. The average Bonchev–Trinajstić information content (AvgIpc) is 3.03. The quantitative estimate of drug-likeness (QED) is 0.186. The molecule has 1 aromatic heterocycles. The maximum absolute atomic E-state index is 11.3. The van der Waals surface area contributed by atoms with Crippen molar-refractivity contribution in [3.63, 3.8) is 0 Å². The molecule has 0 aliphatic rings. The van der Waals surface area contributed by atoms with Crippen LogP contribution in [0.1, 0.15) is 18.9 Å². The number of sulfonamides is 1. The number of H-pyrrole nitrogens is 1. The number of fused-ring (bicyclic) bond motifs is 1. The van der Waals surface area contributed by atoms with Gasteiger partial charge in [0.25, 0.3) is 0 Å². The highest BCUT2D eigenvalue weighted by molar-refractivity contribution is 14.0. The van der Waals surface area contributed by atoms with Gasteiger partial charge >= 0.3 is 0 Å². The van der Waals surface area contributed by atoms with Crippen LogP contribution in [0.5, 0.6) is 0 Å². The summed E-state index contributed by atoms with van der Waals surface area (Å²) in [4.78, 5) is 7.46. The maximum Gasteiger partial charge on any atom is 0.211 e. The lowest BCUT2D eigenvalue weighted by molar-refractivity contribution is 0.579. The van der Waals surface area contributed by atoms with Crippen molar-refractivity contribution < 1.29 is 8.42 Å². The summed E-state index contributed by atoms with van der Waals surface area (Å²) in [6, 6.07) is 8.25. The highest BCUT2D eigenvalue weighted by atomic mass is 127. The molecule has 2 rings (SSSR count). The standard InChI is InChI=1S/C17H27N5O2S.HI/c1-3-25(23,24)22-11-6-10-19-17(18-2)20-12-9-14-13-21-16-8-5-4-7-15(14)16;/h4-5,7-8,13,21-22H,3,6,9-12H2,1-2H3,(H2,18,19,20);1H. The van der Waals surface area contributed by atoms with Crippen molar-refractivity contribution in [3.05, 3.63) is 36.0 Å². The van der Waals surface area contributed by atoms with Crippen LogP contribution in [0.2, 0.25) is 0 Å². The Hall–Kier alpha value is -1.33. The van der Waals surface area contributed by atoms with Gasteiger partial charge in [-0.3, -0.25) is 4.99 Å². The van der Waals surface area contributed by atoms with E-state index in [1.807, 2.05) is 18.3 Å². The monoisotopic (exact) mass is 493 g/mol. The molecule has 146 valence electrons. The number of nitrogens with one attached hydrogen (secondary N) is 4. The Labute approximate surface area is 172 Å². The number of nitrogens with zero attached hydrogens (tertiary/aromatic N) is 1. The van der Waals surface area contributed by atoms with Crippen molar-refractivity contribution in [1.82, 2.24) is 20.3 Å². The molecule has 0 aliphatic carbocycles. The molecule has 0 spiro atoms. The van der Waals surface area contributed by atoms with Crippen molar-refractivity contribution in [1.29, 1.82) is 0 Å². The molecule has 0 saturated heterocycles. The molecule has 2 aromatic rings. The average molecular weight is 493 g/mol. The Morgan fingerprint density at radius 1 is 1.15 bits per heavy atom. The molecular weight excluding hydrogens is 465 g/mol. The summed E-state index contributed by atoms with van der Waals surface area (Å²) in [5, 5.41) is 7.71. The molecule has 4 N–H and O–H groups in total. The molecule has 0 atom stereocenters. The van der Waals surface area contributed by atoms with E-state index in [1.54, 1.807) is 14.0 Å². The molecule has 1 aromatic carbocycles. The van der Waals surface area contributed by atoms with Crippen LogP contribution in [0.15, 0.2) is 35.5 Å². The highest BCUT2D eigenvalue weighted by Crippen LogP contribution is 2.17. The number of halogens is 1. The summed E-state index contributed by atoms with van der Waals surface area (Å²) in [7, 11) is -1.39. The van der Waals surface area contributed by atoms with Crippen LogP contribution in [-0.4, -0.2) is 51.8 Å². The lowest BCUT2D eigenvalue weighted by atomic mass is 10.1. The Bertz CT molecular complexity index is 804. The zero-order valence-electron chi connectivity index (χ0n) is 15.2. The van der Waals surface area contributed by atoms with Gasteiger partial charge in [0.05, 0.1) is 5.75 Å². The van der Waals surface area contributed by atoms with Crippen LogP contribution >= 0.6 is 24.0 Å². The Kier molecular flexibility index (Phi) is 9.96. The number of rotatable bonds is 9. The van der Waals surface area contributed by atoms with Gasteiger partial charge < -0.3 is 15.6 Å². The summed E-state index contributed by atoms with van der Waals surface area (Å²) in [5.41, 5.74) is 2.42. The normalized spacial score (nSPS) is 12.0. The van der Waals surface area contributed by atoms with E-state index in [-0.39, 0.29) is 29.7 Å². The highest BCUT2D eigenvalue weighted by Gasteiger charge is 2.05. The first kappa shape index (κ1) is 22.7. The molecular formula is C17H28IN5O2S. The van der Waals surface area contributed by atoms with Crippen molar-refractivity contribution in [3.8, 4) is 0 Å². The van der Waals surface area contributed by atoms with Gasteiger partial charge in [-0.05, 0) is 31.4 Å². The van der Waals surface area contributed by atoms with Crippen molar-refractivity contribution in [2.24, 2.45) is 4.99 Å². The van der Waals surface area contributed by atoms with Gasteiger partial charge in [0, 0.05) is 43.8 Å². The fourth-order valence-corrected chi connectivity index (χ4v) is 3.16. The second kappa shape index (κ2) is 11.4. The Morgan fingerprint density at radius 2 is 1.88 bits per heavy atom. The second-order valence-electron chi connectivity index (χ2n) is 5.69. The molecule has 7 nitrogen and oxygen atoms in total. The van der Waals surface area contributed by atoms with Crippen molar-refractivity contribution in [2.75, 3.05) is 32.4 Å². The lowest BCUT2D eigenvalue weighted by Crippen LogP contribution is -2.39. The third-order valence-corrected chi connectivity index (χ3v) is 5.34. The van der Waals surface area contributed by atoms with E-state index in [0.29, 0.717) is 19.5 Å². The molecule has 0 unspecified atom stereocenters. The van der Waals surface area contributed by atoms with Gasteiger partial charge in [0.2, 0.25) is 10.0 Å². The minimum atomic E-state index is -3.11. The van der Waals surface area contributed by atoms with Crippen LogP contribution < -0.4 is 15.4 Å². The van der Waals surface area contributed by atoms with Gasteiger partial charge in [-0.1, -0.05) is 18.2 Å². The van der Waals surface area contributed by atoms with Crippen molar-refractivity contribution >= 4 is 50.9 Å². The first-order valence-electron chi connectivity index (χ1n) is 8.52. The van der Waals surface area contributed by atoms with E-state index in [1.165, 1.54) is 10.9 Å². The fraction of sp³-hybridized carbons (Fsp3) is 0.471. The number of para-hydroxylation sites is 1. The number of aromatic nitrogens is 1. The van der Waals surface area contributed by atoms with E-state index in [2.05, 4.69) is 37.5 Å². The minimum Gasteiger partial charge on any atom is -0.361 e. The molecule has 9 heteroatoms. The molecule has 0 amide bonds. The summed E-state index contributed by atoms with van der Waals surface area (Å²) in [6.07, 6.45) is 3.63. The number of hydrogen-bond acceptors (Lipinski definition) is 3. The summed E-state index contributed by atoms with van der Waals surface area (Å²) < 4.78 is 25.2. The summed E-state index contributed by atoms with van der Waals surface area (Å²) >= 11 is 0. The number of aliphatic imine (C=N–C) groups is 1. The molecule has 0 saturated carbocycles. The van der Waals surface area contributed by atoms with E-state index in [0.717, 1.165) is 24.4 Å². The zero-order valence-corrected chi connectivity index (χ0v) is 18.4. The van der Waals surface area contributed by atoms with Crippen LogP contribution in [0.25, 0.3) is 10.9 Å². The van der Waals surface area contributed by atoms with Gasteiger partial charge in [-0.15, -0.1) is 24.0 Å². The van der Waals surface area contributed by atoms with Gasteiger partial charge in [-0.25, -0.2) is 13.1 Å². The van der Waals surface area contributed by atoms with E-state index in [4.69, 9.17) is 0 Å². The maximum atomic E-state index is 11.3. The van der Waals surface area contributed by atoms with Crippen LogP contribution in [-0.2, 0) is 16.4 Å². The summed E-state index contributed by atoms with van der Waals surface area (Å²) in [6.45, 7) is 3.47. The zero-order chi connectivity index (χ0) is 18.1. The number of guanidine groups is 1. The SMILES string of the molecule is CCS(=O)(=O)NCCCNC(=NC)NCCc1c[nH]c2ccccc12.I. The summed E-state index contributed by atoms with van der Waals surface area (Å²) in [5.74, 6) is 0.829. The number of benzene rings is 1. The third kappa shape index (κ3) is 7.12. The van der Waals surface area contributed by atoms with Crippen LogP contribution in [0.3, 0.4) is 0 Å².